The van der Waals surface area contributed by atoms with Crippen LogP contribution in [0.3, 0.4) is 0 Å². The van der Waals surface area contributed by atoms with E-state index in [0.29, 0.717) is 23.5 Å². The van der Waals surface area contributed by atoms with Crippen LogP contribution in [0.15, 0.2) is 53.1 Å². The SMILES string of the molecule is Cc1noc(C)c1COc1ccc(C(=O)NC(C)c2ccc(C#N)cc2)cc1. The number of rotatable bonds is 6. The number of benzene rings is 2. The zero-order valence-electron chi connectivity index (χ0n) is 16.0. The minimum Gasteiger partial charge on any atom is -0.489 e. The molecule has 0 bridgehead atoms. The van der Waals surface area contributed by atoms with Crippen LogP contribution in [0.5, 0.6) is 5.75 Å². The van der Waals surface area contributed by atoms with Crippen LogP contribution in [0, 0.1) is 25.2 Å². The molecule has 2 aromatic carbocycles. The first-order chi connectivity index (χ1) is 13.5. The summed E-state index contributed by atoms with van der Waals surface area (Å²) < 4.78 is 10.9. The number of hydrogen-bond acceptors (Lipinski definition) is 5. The summed E-state index contributed by atoms with van der Waals surface area (Å²) in [5.74, 6) is 1.23. The van der Waals surface area contributed by atoms with Gasteiger partial charge in [0.25, 0.3) is 5.91 Å². The van der Waals surface area contributed by atoms with Crippen LogP contribution in [0.1, 0.15) is 51.5 Å². The van der Waals surface area contributed by atoms with Crippen molar-refractivity contribution in [2.45, 2.75) is 33.4 Å². The lowest BCUT2D eigenvalue weighted by atomic mass is 10.1. The molecule has 1 aromatic heterocycles. The van der Waals surface area contributed by atoms with Gasteiger partial charge in [-0.25, -0.2) is 0 Å². The van der Waals surface area contributed by atoms with Gasteiger partial charge in [-0.1, -0.05) is 17.3 Å². The summed E-state index contributed by atoms with van der Waals surface area (Å²) in [5.41, 5.74) is 3.81. The van der Waals surface area contributed by atoms with Crippen LogP contribution in [0.2, 0.25) is 0 Å². The Morgan fingerprint density at radius 1 is 1.18 bits per heavy atom. The van der Waals surface area contributed by atoms with Crippen LogP contribution in [0.25, 0.3) is 0 Å². The lowest BCUT2D eigenvalue weighted by Crippen LogP contribution is -2.26. The molecule has 1 N–H and O–H groups in total. The molecule has 0 aliphatic heterocycles. The summed E-state index contributed by atoms with van der Waals surface area (Å²) >= 11 is 0. The monoisotopic (exact) mass is 375 g/mol. The molecule has 0 aliphatic rings. The molecule has 28 heavy (non-hydrogen) atoms. The number of nitrogens with one attached hydrogen (secondary N) is 1. The summed E-state index contributed by atoms with van der Waals surface area (Å²) in [6.07, 6.45) is 0. The highest BCUT2D eigenvalue weighted by molar-refractivity contribution is 5.94. The summed E-state index contributed by atoms with van der Waals surface area (Å²) in [7, 11) is 0. The minimum atomic E-state index is -0.172. The van der Waals surface area contributed by atoms with Gasteiger partial charge in [-0.2, -0.15) is 5.26 Å². The topological polar surface area (TPSA) is 88.2 Å². The van der Waals surface area contributed by atoms with E-state index in [-0.39, 0.29) is 11.9 Å². The van der Waals surface area contributed by atoms with Crippen molar-refractivity contribution in [3.63, 3.8) is 0 Å². The highest BCUT2D eigenvalue weighted by Crippen LogP contribution is 2.19. The van der Waals surface area contributed by atoms with E-state index in [9.17, 15) is 4.79 Å². The molecule has 142 valence electrons. The number of aromatic nitrogens is 1. The molecule has 6 heteroatoms. The van der Waals surface area contributed by atoms with Crippen LogP contribution in [-0.2, 0) is 6.61 Å². The van der Waals surface area contributed by atoms with Gasteiger partial charge in [-0.3, -0.25) is 4.79 Å². The molecule has 0 saturated carbocycles. The van der Waals surface area contributed by atoms with E-state index in [1.54, 1.807) is 36.4 Å². The second-order valence-corrected chi connectivity index (χ2v) is 6.54. The predicted octanol–water partition coefficient (Wildman–Crippen LogP) is 4.23. The number of carbonyl (C=O) groups excluding carboxylic acids is 1. The molecule has 1 amide bonds. The van der Waals surface area contributed by atoms with Gasteiger partial charge in [0, 0.05) is 5.56 Å². The molecule has 0 fully saturated rings. The van der Waals surface area contributed by atoms with Gasteiger partial charge < -0.3 is 14.6 Å². The van der Waals surface area contributed by atoms with Gasteiger partial charge in [0.05, 0.1) is 28.9 Å². The maximum Gasteiger partial charge on any atom is 0.251 e. The molecule has 0 saturated heterocycles. The van der Waals surface area contributed by atoms with Gasteiger partial charge in [-0.15, -0.1) is 0 Å². The van der Waals surface area contributed by atoms with Crippen LogP contribution in [0.4, 0.5) is 0 Å². The van der Waals surface area contributed by atoms with Crippen LogP contribution < -0.4 is 10.1 Å². The van der Waals surface area contributed by atoms with Gasteiger partial charge in [0.2, 0.25) is 0 Å². The van der Waals surface area contributed by atoms with Crippen molar-refractivity contribution in [2.75, 3.05) is 0 Å². The van der Waals surface area contributed by atoms with E-state index in [2.05, 4.69) is 16.5 Å². The zero-order chi connectivity index (χ0) is 20.1. The molecule has 0 aliphatic carbocycles. The van der Waals surface area contributed by atoms with Crippen molar-refractivity contribution in [1.82, 2.24) is 10.5 Å². The summed E-state index contributed by atoms with van der Waals surface area (Å²) in [6, 6.07) is 16.1. The summed E-state index contributed by atoms with van der Waals surface area (Å²) in [4.78, 5) is 12.5. The number of aryl methyl sites for hydroxylation is 2. The van der Waals surface area contributed by atoms with Crippen molar-refractivity contribution in [2.24, 2.45) is 0 Å². The van der Waals surface area contributed by atoms with Crippen molar-refractivity contribution in [3.05, 3.63) is 82.2 Å². The fourth-order valence-electron chi connectivity index (χ4n) is 2.78. The number of carbonyl (C=O) groups is 1. The maximum absolute atomic E-state index is 12.5. The normalized spacial score (nSPS) is 11.5. The first-order valence-corrected chi connectivity index (χ1v) is 8.93. The number of nitriles is 1. The zero-order valence-corrected chi connectivity index (χ0v) is 16.0. The Morgan fingerprint density at radius 2 is 1.86 bits per heavy atom. The quantitative estimate of drug-likeness (QED) is 0.696. The van der Waals surface area contributed by atoms with Gasteiger partial charge >= 0.3 is 0 Å². The second-order valence-electron chi connectivity index (χ2n) is 6.54. The third-order valence-electron chi connectivity index (χ3n) is 4.57. The number of amides is 1. The van der Waals surface area contributed by atoms with Gasteiger partial charge in [0.1, 0.15) is 18.1 Å². The fourth-order valence-corrected chi connectivity index (χ4v) is 2.78. The Labute approximate surface area is 163 Å². The Balaban J connectivity index is 1.59. The summed E-state index contributed by atoms with van der Waals surface area (Å²) in [5, 5.41) is 15.7. The van der Waals surface area contributed by atoms with Crippen molar-refractivity contribution in [3.8, 4) is 11.8 Å². The minimum absolute atomic E-state index is 0.171. The standard InChI is InChI=1S/C22H21N3O3/c1-14(18-6-4-17(12-23)5-7-18)24-22(26)19-8-10-20(11-9-19)27-13-21-15(2)25-28-16(21)3/h4-11,14H,13H2,1-3H3,(H,24,26). The molecular formula is C22H21N3O3. The number of hydrogen-bond donors (Lipinski definition) is 1. The Bertz CT molecular complexity index is 980. The first kappa shape index (κ1) is 19.2. The lowest BCUT2D eigenvalue weighted by molar-refractivity contribution is 0.0940. The molecule has 1 atom stereocenters. The van der Waals surface area contributed by atoms with E-state index in [0.717, 1.165) is 22.6 Å². The first-order valence-electron chi connectivity index (χ1n) is 8.93. The Morgan fingerprint density at radius 3 is 2.43 bits per heavy atom. The van der Waals surface area contributed by atoms with E-state index in [4.69, 9.17) is 14.5 Å². The average molecular weight is 375 g/mol. The molecule has 3 rings (SSSR count). The van der Waals surface area contributed by atoms with Gasteiger partial charge in [-0.05, 0) is 62.7 Å². The molecule has 6 nitrogen and oxygen atoms in total. The Kier molecular flexibility index (Phi) is 5.75. The highest BCUT2D eigenvalue weighted by Gasteiger charge is 2.13. The largest absolute Gasteiger partial charge is 0.489 e. The highest BCUT2D eigenvalue weighted by atomic mass is 16.5. The van der Waals surface area contributed by atoms with Crippen LogP contribution in [-0.4, -0.2) is 11.1 Å². The molecule has 1 heterocycles. The van der Waals surface area contributed by atoms with Crippen molar-refractivity contribution < 1.29 is 14.1 Å². The molecular weight excluding hydrogens is 354 g/mol. The maximum atomic E-state index is 12.5. The molecule has 1 unspecified atom stereocenters. The fraction of sp³-hybridized carbons (Fsp3) is 0.227. The smallest absolute Gasteiger partial charge is 0.251 e. The average Bonchev–Trinajstić information content (AvgIpc) is 3.04. The van der Waals surface area contributed by atoms with E-state index in [1.807, 2.05) is 32.9 Å². The number of nitrogens with zero attached hydrogens (tertiary/aromatic N) is 2. The molecule has 0 radical (unpaired) electrons. The molecule has 3 aromatic rings. The van der Waals surface area contributed by atoms with E-state index < -0.39 is 0 Å². The molecule has 0 spiro atoms. The van der Waals surface area contributed by atoms with Gasteiger partial charge in [0.15, 0.2) is 0 Å². The third kappa shape index (κ3) is 4.38. The summed E-state index contributed by atoms with van der Waals surface area (Å²) in [6.45, 7) is 5.99. The van der Waals surface area contributed by atoms with Crippen molar-refractivity contribution >= 4 is 5.91 Å². The van der Waals surface area contributed by atoms with E-state index in [1.165, 1.54) is 0 Å². The number of ether oxygens (including phenoxy) is 1. The van der Waals surface area contributed by atoms with Crippen molar-refractivity contribution in [1.29, 1.82) is 5.26 Å². The predicted molar refractivity (Wildman–Crippen MR) is 104 cm³/mol. The Hall–Kier alpha value is -3.59. The van der Waals surface area contributed by atoms with Crippen LogP contribution >= 0.6 is 0 Å². The van der Waals surface area contributed by atoms with E-state index >= 15 is 0 Å². The third-order valence-corrected chi connectivity index (χ3v) is 4.57. The lowest BCUT2D eigenvalue weighted by Gasteiger charge is -2.14. The second kappa shape index (κ2) is 8.40.